The van der Waals surface area contributed by atoms with E-state index < -0.39 is 0 Å². The predicted octanol–water partition coefficient (Wildman–Crippen LogP) is 1.39. The van der Waals surface area contributed by atoms with Gasteiger partial charge in [-0.3, -0.25) is 4.79 Å². The number of nitrogens with two attached hydrogens (primary N) is 1. The highest BCUT2D eigenvalue weighted by atomic mass is 16.1. The molecule has 0 aliphatic heterocycles. The SMILES string of the molecule is N#Cc1cccc2c1ccn2CCC(N)=O. The van der Waals surface area contributed by atoms with Crippen LogP contribution in [0.15, 0.2) is 30.5 Å². The van der Waals surface area contributed by atoms with Gasteiger partial charge in [-0.1, -0.05) is 6.07 Å². The standard InChI is InChI=1S/C12H11N3O/c13-8-9-2-1-3-11-10(9)4-6-15(11)7-5-12(14)16/h1-4,6H,5,7H2,(H2,14,16). The van der Waals surface area contributed by atoms with Crippen LogP contribution < -0.4 is 5.73 Å². The second-order valence-corrected chi connectivity index (χ2v) is 3.58. The van der Waals surface area contributed by atoms with Crippen molar-refractivity contribution in [3.05, 3.63) is 36.0 Å². The molecule has 1 aromatic carbocycles. The quantitative estimate of drug-likeness (QED) is 0.836. The molecule has 0 atom stereocenters. The van der Waals surface area contributed by atoms with Crippen molar-refractivity contribution in [1.29, 1.82) is 5.26 Å². The van der Waals surface area contributed by atoms with Crippen molar-refractivity contribution in [2.24, 2.45) is 5.73 Å². The minimum absolute atomic E-state index is 0.306. The molecule has 0 aliphatic carbocycles. The van der Waals surface area contributed by atoms with Crippen LogP contribution in [0.1, 0.15) is 12.0 Å². The van der Waals surface area contributed by atoms with Gasteiger partial charge in [-0.25, -0.2) is 0 Å². The number of aryl methyl sites for hydroxylation is 1. The molecule has 2 N–H and O–H groups in total. The number of carbonyl (C=O) groups excluding carboxylic acids is 1. The van der Waals surface area contributed by atoms with E-state index >= 15 is 0 Å². The fraction of sp³-hybridized carbons (Fsp3) is 0.167. The number of benzene rings is 1. The largest absolute Gasteiger partial charge is 0.370 e. The molecule has 0 spiro atoms. The number of rotatable bonds is 3. The molecule has 16 heavy (non-hydrogen) atoms. The first-order valence-corrected chi connectivity index (χ1v) is 4.98. The van der Waals surface area contributed by atoms with Gasteiger partial charge in [-0.2, -0.15) is 5.26 Å². The van der Waals surface area contributed by atoms with Crippen LogP contribution in [-0.4, -0.2) is 10.5 Å². The number of carbonyl (C=O) groups is 1. The molecule has 0 saturated carbocycles. The molecule has 0 radical (unpaired) electrons. The first-order chi connectivity index (χ1) is 7.72. The zero-order valence-corrected chi connectivity index (χ0v) is 8.68. The Morgan fingerprint density at radius 1 is 1.44 bits per heavy atom. The molecular formula is C12H11N3O. The number of amides is 1. The topological polar surface area (TPSA) is 71.8 Å². The van der Waals surface area contributed by atoms with Gasteiger partial charge < -0.3 is 10.3 Å². The average molecular weight is 213 g/mol. The molecule has 2 aromatic rings. The van der Waals surface area contributed by atoms with Gasteiger partial charge in [-0.05, 0) is 18.2 Å². The van der Waals surface area contributed by atoms with Gasteiger partial charge in [0, 0.05) is 30.1 Å². The lowest BCUT2D eigenvalue weighted by Crippen LogP contribution is -2.13. The van der Waals surface area contributed by atoms with E-state index in [0.29, 0.717) is 18.5 Å². The smallest absolute Gasteiger partial charge is 0.219 e. The normalized spacial score (nSPS) is 10.2. The Kier molecular flexibility index (Phi) is 2.61. The maximum Gasteiger partial charge on any atom is 0.219 e. The molecule has 0 fully saturated rings. The van der Waals surface area contributed by atoms with Gasteiger partial charge in [0.25, 0.3) is 0 Å². The minimum Gasteiger partial charge on any atom is -0.370 e. The van der Waals surface area contributed by atoms with E-state index in [1.807, 2.05) is 29.0 Å². The first-order valence-electron chi connectivity index (χ1n) is 4.98. The van der Waals surface area contributed by atoms with Crippen LogP contribution in [0.4, 0.5) is 0 Å². The van der Waals surface area contributed by atoms with E-state index in [9.17, 15) is 4.79 Å². The highest BCUT2D eigenvalue weighted by molar-refractivity contribution is 5.86. The van der Waals surface area contributed by atoms with Crippen molar-refractivity contribution in [3.8, 4) is 6.07 Å². The molecule has 1 aromatic heterocycles. The van der Waals surface area contributed by atoms with Gasteiger partial charge in [0.15, 0.2) is 0 Å². The molecule has 0 saturated heterocycles. The summed E-state index contributed by atoms with van der Waals surface area (Å²) >= 11 is 0. The van der Waals surface area contributed by atoms with E-state index in [-0.39, 0.29) is 5.91 Å². The third kappa shape index (κ3) is 1.75. The lowest BCUT2D eigenvalue weighted by molar-refractivity contribution is -0.118. The predicted molar refractivity (Wildman–Crippen MR) is 60.5 cm³/mol. The lowest BCUT2D eigenvalue weighted by atomic mass is 10.1. The Balaban J connectivity index is 2.42. The summed E-state index contributed by atoms with van der Waals surface area (Å²) in [5.41, 5.74) is 6.71. The van der Waals surface area contributed by atoms with E-state index in [4.69, 9.17) is 11.0 Å². The van der Waals surface area contributed by atoms with Crippen LogP contribution in [-0.2, 0) is 11.3 Å². The van der Waals surface area contributed by atoms with Crippen LogP contribution >= 0.6 is 0 Å². The summed E-state index contributed by atoms with van der Waals surface area (Å²) in [5, 5.41) is 9.84. The number of primary amides is 1. The first kappa shape index (κ1) is 10.2. The summed E-state index contributed by atoms with van der Waals surface area (Å²) in [6, 6.07) is 9.57. The fourth-order valence-corrected chi connectivity index (χ4v) is 1.75. The van der Waals surface area contributed by atoms with Crippen molar-refractivity contribution < 1.29 is 4.79 Å². The number of nitrogens with zero attached hydrogens (tertiary/aromatic N) is 2. The fourth-order valence-electron chi connectivity index (χ4n) is 1.75. The molecule has 4 heteroatoms. The Labute approximate surface area is 92.9 Å². The van der Waals surface area contributed by atoms with E-state index in [0.717, 1.165) is 10.9 Å². The molecule has 1 amide bonds. The van der Waals surface area contributed by atoms with E-state index in [1.165, 1.54) is 0 Å². The van der Waals surface area contributed by atoms with Gasteiger partial charge in [0.2, 0.25) is 5.91 Å². The van der Waals surface area contributed by atoms with E-state index in [1.54, 1.807) is 6.07 Å². The van der Waals surface area contributed by atoms with Gasteiger partial charge >= 0.3 is 0 Å². The van der Waals surface area contributed by atoms with Gasteiger partial charge in [0.05, 0.1) is 11.6 Å². The van der Waals surface area contributed by atoms with Crippen LogP contribution in [0.2, 0.25) is 0 Å². The summed E-state index contributed by atoms with van der Waals surface area (Å²) in [7, 11) is 0. The molecule has 1 heterocycles. The Morgan fingerprint density at radius 2 is 2.25 bits per heavy atom. The molecule has 0 bridgehead atoms. The van der Waals surface area contributed by atoms with Crippen LogP contribution in [0.25, 0.3) is 10.9 Å². The summed E-state index contributed by atoms with van der Waals surface area (Å²) < 4.78 is 1.93. The zero-order valence-electron chi connectivity index (χ0n) is 8.68. The molecule has 2 rings (SSSR count). The van der Waals surface area contributed by atoms with Crippen LogP contribution in [0.3, 0.4) is 0 Å². The lowest BCUT2D eigenvalue weighted by Gasteiger charge is -2.03. The maximum absolute atomic E-state index is 10.7. The molecule has 0 aliphatic rings. The van der Waals surface area contributed by atoms with Crippen molar-refractivity contribution in [2.45, 2.75) is 13.0 Å². The minimum atomic E-state index is -0.321. The van der Waals surface area contributed by atoms with Crippen molar-refractivity contribution >= 4 is 16.8 Å². The third-order valence-corrected chi connectivity index (χ3v) is 2.53. The Bertz CT molecular complexity index is 577. The number of hydrogen-bond acceptors (Lipinski definition) is 2. The summed E-state index contributed by atoms with van der Waals surface area (Å²) in [5.74, 6) is -0.321. The zero-order chi connectivity index (χ0) is 11.5. The van der Waals surface area contributed by atoms with Crippen LogP contribution in [0.5, 0.6) is 0 Å². The second kappa shape index (κ2) is 4.07. The van der Waals surface area contributed by atoms with Crippen molar-refractivity contribution in [2.75, 3.05) is 0 Å². The second-order valence-electron chi connectivity index (χ2n) is 3.58. The molecular weight excluding hydrogens is 202 g/mol. The Morgan fingerprint density at radius 3 is 2.94 bits per heavy atom. The molecule has 4 nitrogen and oxygen atoms in total. The van der Waals surface area contributed by atoms with Gasteiger partial charge in [0.1, 0.15) is 0 Å². The van der Waals surface area contributed by atoms with Gasteiger partial charge in [-0.15, -0.1) is 0 Å². The number of nitriles is 1. The van der Waals surface area contributed by atoms with Crippen molar-refractivity contribution in [1.82, 2.24) is 4.57 Å². The maximum atomic E-state index is 10.7. The summed E-state index contributed by atoms with van der Waals surface area (Å²) in [6.45, 7) is 0.549. The van der Waals surface area contributed by atoms with E-state index in [2.05, 4.69) is 6.07 Å². The average Bonchev–Trinajstić information content (AvgIpc) is 2.69. The summed E-state index contributed by atoms with van der Waals surface area (Å²) in [4.78, 5) is 10.7. The highest BCUT2D eigenvalue weighted by Gasteiger charge is 2.05. The molecule has 80 valence electrons. The van der Waals surface area contributed by atoms with Crippen LogP contribution in [0, 0.1) is 11.3 Å². The number of aromatic nitrogens is 1. The van der Waals surface area contributed by atoms with Crippen molar-refractivity contribution in [3.63, 3.8) is 0 Å². The highest BCUT2D eigenvalue weighted by Crippen LogP contribution is 2.19. The number of hydrogen-bond donors (Lipinski definition) is 1. The Hall–Kier alpha value is -2.28. The molecule has 0 unspecified atom stereocenters. The third-order valence-electron chi connectivity index (χ3n) is 2.53. The summed E-state index contributed by atoms with van der Waals surface area (Å²) in [6.07, 6.45) is 2.18. The monoisotopic (exact) mass is 213 g/mol. The number of fused-ring (bicyclic) bond motifs is 1.